The van der Waals surface area contributed by atoms with Crippen LogP contribution in [0.5, 0.6) is 0 Å². The van der Waals surface area contributed by atoms with Crippen LogP contribution in [0.1, 0.15) is 18.5 Å². The Morgan fingerprint density at radius 3 is 2.45 bits per heavy atom. The predicted molar refractivity (Wildman–Crippen MR) is 130 cm³/mol. The highest BCUT2D eigenvalue weighted by Crippen LogP contribution is 2.29. The van der Waals surface area contributed by atoms with Crippen LogP contribution in [0.4, 0.5) is 5.69 Å². The van der Waals surface area contributed by atoms with Gasteiger partial charge in [-0.05, 0) is 49.9 Å². The number of nitrogens with one attached hydrogen (secondary N) is 1. The average molecular weight is 445 g/mol. The Morgan fingerprint density at radius 1 is 0.970 bits per heavy atom. The molecule has 5 rings (SSSR count). The molecule has 0 saturated carbocycles. The first-order valence-corrected chi connectivity index (χ1v) is 12.1. The lowest BCUT2D eigenvalue weighted by atomic mass is 9.81. The minimum Gasteiger partial charge on any atom is -0.368 e. The number of piperazine rings is 1. The monoisotopic (exact) mass is 444 g/mol. The van der Waals surface area contributed by atoms with Crippen molar-refractivity contribution < 1.29 is 9.32 Å². The van der Waals surface area contributed by atoms with Crippen molar-refractivity contribution in [2.24, 2.45) is 11.8 Å². The van der Waals surface area contributed by atoms with Gasteiger partial charge in [-0.15, -0.1) is 0 Å². The standard InChI is InChI=1S/C27H32N4O2/c32-27(31-15-13-30(14-16-31)25-9-5-2-6-10-25)18-22-11-12-28-20-23(22)17-24-19-26(33-29-24)21-7-3-1-4-8-21/h1-10,19,22-23,28H,11-18,20H2/t22-,23-/m0/s1. The molecule has 0 unspecified atom stereocenters. The maximum absolute atomic E-state index is 13.1. The van der Waals surface area contributed by atoms with Gasteiger partial charge in [-0.2, -0.15) is 0 Å². The Balaban J connectivity index is 1.17. The summed E-state index contributed by atoms with van der Waals surface area (Å²) < 4.78 is 5.60. The number of para-hydroxylation sites is 1. The Kier molecular flexibility index (Phi) is 6.72. The van der Waals surface area contributed by atoms with Crippen molar-refractivity contribution in [1.82, 2.24) is 15.4 Å². The molecule has 6 nitrogen and oxygen atoms in total. The molecule has 2 saturated heterocycles. The highest BCUT2D eigenvalue weighted by Gasteiger charge is 2.30. The van der Waals surface area contributed by atoms with Crippen molar-refractivity contribution in [2.75, 3.05) is 44.2 Å². The Morgan fingerprint density at radius 2 is 1.70 bits per heavy atom. The van der Waals surface area contributed by atoms with Crippen molar-refractivity contribution in [3.63, 3.8) is 0 Å². The molecule has 0 bridgehead atoms. The van der Waals surface area contributed by atoms with Crippen molar-refractivity contribution in [3.8, 4) is 11.3 Å². The number of carbonyl (C=O) groups is 1. The summed E-state index contributed by atoms with van der Waals surface area (Å²) in [7, 11) is 0. The van der Waals surface area contributed by atoms with Crippen LogP contribution in [0, 0.1) is 11.8 Å². The summed E-state index contributed by atoms with van der Waals surface area (Å²) in [5.74, 6) is 1.87. The summed E-state index contributed by atoms with van der Waals surface area (Å²) in [5.41, 5.74) is 3.25. The highest BCUT2D eigenvalue weighted by molar-refractivity contribution is 5.77. The molecule has 172 valence electrons. The fraction of sp³-hybridized carbons (Fsp3) is 0.407. The van der Waals surface area contributed by atoms with E-state index in [9.17, 15) is 4.79 Å². The third-order valence-corrected chi connectivity index (χ3v) is 7.04. The summed E-state index contributed by atoms with van der Waals surface area (Å²) in [6.07, 6.45) is 2.49. The minimum absolute atomic E-state index is 0.296. The van der Waals surface area contributed by atoms with Crippen LogP contribution in [0.2, 0.25) is 0 Å². The normalized spacial score (nSPS) is 21.2. The molecule has 0 spiro atoms. The molecule has 2 aliphatic rings. The lowest BCUT2D eigenvalue weighted by Crippen LogP contribution is -2.50. The van der Waals surface area contributed by atoms with Gasteiger partial charge < -0.3 is 19.6 Å². The van der Waals surface area contributed by atoms with Gasteiger partial charge >= 0.3 is 0 Å². The van der Waals surface area contributed by atoms with Crippen molar-refractivity contribution in [1.29, 1.82) is 0 Å². The summed E-state index contributed by atoms with van der Waals surface area (Å²) >= 11 is 0. The molecule has 33 heavy (non-hydrogen) atoms. The molecule has 3 aromatic rings. The molecule has 0 aliphatic carbocycles. The van der Waals surface area contributed by atoms with Gasteiger partial charge in [0.25, 0.3) is 0 Å². The largest absolute Gasteiger partial charge is 0.368 e. The molecule has 1 amide bonds. The Bertz CT molecular complexity index is 1030. The summed E-state index contributed by atoms with van der Waals surface area (Å²) in [5, 5.41) is 7.83. The van der Waals surface area contributed by atoms with Gasteiger partial charge in [0.1, 0.15) is 0 Å². The maximum Gasteiger partial charge on any atom is 0.222 e. The number of amides is 1. The number of hydrogen-bond acceptors (Lipinski definition) is 5. The second-order valence-electron chi connectivity index (χ2n) is 9.17. The molecule has 1 aromatic heterocycles. The predicted octanol–water partition coefficient (Wildman–Crippen LogP) is 3.85. The highest BCUT2D eigenvalue weighted by atomic mass is 16.5. The van der Waals surface area contributed by atoms with Gasteiger partial charge in [0.05, 0.1) is 5.69 Å². The van der Waals surface area contributed by atoms with Crippen LogP contribution in [0.3, 0.4) is 0 Å². The SMILES string of the molecule is O=C(C[C@@H]1CCNC[C@@H]1Cc1cc(-c2ccccc2)on1)N1CCN(c2ccccc2)CC1. The van der Waals surface area contributed by atoms with E-state index in [0.29, 0.717) is 24.2 Å². The summed E-state index contributed by atoms with van der Waals surface area (Å²) in [6, 6.07) is 22.6. The lowest BCUT2D eigenvalue weighted by Gasteiger charge is -2.38. The van der Waals surface area contributed by atoms with Gasteiger partial charge in [0.15, 0.2) is 5.76 Å². The van der Waals surface area contributed by atoms with Gasteiger partial charge in [-0.1, -0.05) is 53.7 Å². The zero-order valence-corrected chi connectivity index (χ0v) is 19.0. The molecule has 2 aliphatic heterocycles. The van der Waals surface area contributed by atoms with E-state index in [0.717, 1.165) is 69.1 Å². The lowest BCUT2D eigenvalue weighted by molar-refractivity contribution is -0.133. The van der Waals surface area contributed by atoms with Gasteiger partial charge in [-0.25, -0.2) is 0 Å². The molecule has 1 N–H and O–H groups in total. The van der Waals surface area contributed by atoms with E-state index in [2.05, 4.69) is 44.5 Å². The summed E-state index contributed by atoms with van der Waals surface area (Å²) in [4.78, 5) is 17.6. The molecule has 3 heterocycles. The topological polar surface area (TPSA) is 61.6 Å². The zero-order chi connectivity index (χ0) is 22.5. The second kappa shape index (κ2) is 10.2. The molecule has 2 fully saturated rings. The summed E-state index contributed by atoms with van der Waals surface area (Å²) in [6.45, 7) is 5.29. The quantitative estimate of drug-likeness (QED) is 0.626. The number of carbonyl (C=O) groups excluding carboxylic acids is 1. The third kappa shape index (κ3) is 5.28. The molecule has 0 radical (unpaired) electrons. The number of anilines is 1. The van der Waals surface area contributed by atoms with Crippen LogP contribution in [-0.4, -0.2) is 55.2 Å². The van der Waals surface area contributed by atoms with E-state index in [4.69, 9.17) is 4.52 Å². The van der Waals surface area contributed by atoms with Gasteiger partial charge in [0.2, 0.25) is 5.91 Å². The minimum atomic E-state index is 0.296. The molecule has 6 heteroatoms. The Hall–Kier alpha value is -3.12. The van der Waals surface area contributed by atoms with Crippen LogP contribution in [-0.2, 0) is 11.2 Å². The third-order valence-electron chi connectivity index (χ3n) is 7.04. The van der Waals surface area contributed by atoms with Crippen LogP contribution < -0.4 is 10.2 Å². The number of piperidine rings is 1. The number of hydrogen-bond donors (Lipinski definition) is 1. The van der Waals surface area contributed by atoms with E-state index in [1.165, 1.54) is 5.69 Å². The van der Waals surface area contributed by atoms with Crippen LogP contribution in [0.15, 0.2) is 71.3 Å². The van der Waals surface area contributed by atoms with E-state index in [1.54, 1.807) is 0 Å². The smallest absolute Gasteiger partial charge is 0.222 e. The number of aromatic nitrogens is 1. The fourth-order valence-corrected chi connectivity index (χ4v) is 5.11. The average Bonchev–Trinajstić information content (AvgIpc) is 3.35. The van der Waals surface area contributed by atoms with Crippen LogP contribution >= 0.6 is 0 Å². The number of nitrogens with zero attached hydrogens (tertiary/aromatic N) is 3. The van der Waals surface area contributed by atoms with E-state index < -0.39 is 0 Å². The van der Waals surface area contributed by atoms with Crippen molar-refractivity contribution >= 4 is 11.6 Å². The number of rotatable bonds is 6. The first-order chi connectivity index (χ1) is 16.3. The van der Waals surface area contributed by atoms with Crippen molar-refractivity contribution in [2.45, 2.75) is 19.3 Å². The maximum atomic E-state index is 13.1. The van der Waals surface area contributed by atoms with Gasteiger partial charge in [-0.3, -0.25) is 4.79 Å². The fourth-order valence-electron chi connectivity index (χ4n) is 5.11. The van der Waals surface area contributed by atoms with Crippen LogP contribution in [0.25, 0.3) is 11.3 Å². The Labute approximate surface area is 195 Å². The van der Waals surface area contributed by atoms with Crippen molar-refractivity contribution in [3.05, 3.63) is 72.4 Å². The molecule has 2 atom stereocenters. The second-order valence-corrected chi connectivity index (χ2v) is 9.17. The van der Waals surface area contributed by atoms with E-state index in [-0.39, 0.29) is 0 Å². The number of benzene rings is 2. The molecular weight excluding hydrogens is 412 g/mol. The van der Waals surface area contributed by atoms with E-state index in [1.807, 2.05) is 42.5 Å². The van der Waals surface area contributed by atoms with E-state index >= 15 is 0 Å². The molecule has 2 aromatic carbocycles. The first-order valence-electron chi connectivity index (χ1n) is 12.1. The first kappa shape index (κ1) is 21.7. The van der Waals surface area contributed by atoms with Gasteiger partial charge in [0, 0.05) is 49.9 Å². The zero-order valence-electron chi connectivity index (χ0n) is 19.0. The molecular formula is C27H32N4O2.